The van der Waals surface area contributed by atoms with Crippen LogP contribution >= 0.6 is 35.3 Å². The number of thiophene rings is 1. The van der Waals surface area contributed by atoms with Gasteiger partial charge in [-0.05, 0) is 24.3 Å². The second kappa shape index (κ2) is 5.87. The molecule has 1 atom stereocenters. The lowest BCUT2D eigenvalue weighted by Gasteiger charge is -2.30. The fourth-order valence-electron chi connectivity index (χ4n) is 1.78. The standard InChI is InChI=1S/C10H13ClN2OS.ClH/c11-8-3-5-15-9(8)10(14)13-4-1-2-7(12)6-13;/h3,5,7H,1-2,4,6,12H2;1H. The summed E-state index contributed by atoms with van der Waals surface area (Å²) in [7, 11) is 0. The molecule has 1 fully saturated rings. The molecule has 2 heterocycles. The SMILES string of the molecule is Cl.NC1CCCN(C(=O)c2sccc2Cl)C1. The second-order valence-electron chi connectivity index (χ2n) is 3.75. The summed E-state index contributed by atoms with van der Waals surface area (Å²) in [6, 6.07) is 1.87. The van der Waals surface area contributed by atoms with Crippen molar-refractivity contribution in [3.05, 3.63) is 21.3 Å². The van der Waals surface area contributed by atoms with Gasteiger partial charge in [-0.15, -0.1) is 23.7 Å². The van der Waals surface area contributed by atoms with Crippen molar-refractivity contribution >= 4 is 41.3 Å². The third-order valence-electron chi connectivity index (χ3n) is 2.56. The van der Waals surface area contributed by atoms with Crippen molar-refractivity contribution in [1.82, 2.24) is 4.90 Å². The lowest BCUT2D eigenvalue weighted by molar-refractivity contribution is 0.0714. The molecule has 1 amide bonds. The predicted octanol–water partition coefficient (Wildman–Crippen LogP) is 2.39. The van der Waals surface area contributed by atoms with Crippen LogP contribution in [0.25, 0.3) is 0 Å². The molecule has 6 heteroatoms. The molecule has 2 N–H and O–H groups in total. The lowest BCUT2D eigenvalue weighted by Crippen LogP contribution is -2.45. The molecule has 1 aromatic heterocycles. The van der Waals surface area contributed by atoms with Crippen molar-refractivity contribution in [3.8, 4) is 0 Å². The fraction of sp³-hybridized carbons (Fsp3) is 0.500. The summed E-state index contributed by atoms with van der Waals surface area (Å²) in [5.41, 5.74) is 5.83. The summed E-state index contributed by atoms with van der Waals surface area (Å²) in [6.07, 6.45) is 1.98. The monoisotopic (exact) mass is 280 g/mol. The van der Waals surface area contributed by atoms with Crippen LogP contribution in [-0.2, 0) is 0 Å². The van der Waals surface area contributed by atoms with Crippen LogP contribution in [0.5, 0.6) is 0 Å². The Hall–Kier alpha value is -0.290. The maximum atomic E-state index is 12.0. The first-order valence-corrected chi connectivity index (χ1v) is 6.22. The number of halogens is 2. The normalized spacial score (nSPS) is 20.4. The largest absolute Gasteiger partial charge is 0.336 e. The summed E-state index contributed by atoms with van der Waals surface area (Å²) < 4.78 is 0. The molecular weight excluding hydrogens is 267 g/mol. The molecule has 0 spiro atoms. The third-order valence-corrected chi connectivity index (χ3v) is 3.89. The Morgan fingerprint density at radius 1 is 1.62 bits per heavy atom. The first kappa shape index (κ1) is 13.8. The van der Waals surface area contributed by atoms with Gasteiger partial charge in [0.1, 0.15) is 4.88 Å². The number of nitrogens with two attached hydrogens (primary N) is 1. The Bertz CT molecular complexity index is 369. The summed E-state index contributed by atoms with van der Waals surface area (Å²) in [6.45, 7) is 1.44. The van der Waals surface area contributed by atoms with Crippen LogP contribution in [0.3, 0.4) is 0 Å². The van der Waals surface area contributed by atoms with Crippen LogP contribution in [0.2, 0.25) is 5.02 Å². The number of hydrogen-bond acceptors (Lipinski definition) is 3. The first-order valence-electron chi connectivity index (χ1n) is 4.96. The summed E-state index contributed by atoms with van der Waals surface area (Å²) in [5, 5.41) is 2.38. The van der Waals surface area contributed by atoms with Gasteiger partial charge in [0.2, 0.25) is 0 Å². The number of rotatable bonds is 1. The maximum Gasteiger partial charge on any atom is 0.265 e. The molecule has 0 saturated carbocycles. The summed E-state index contributed by atoms with van der Waals surface area (Å²) >= 11 is 7.31. The Morgan fingerprint density at radius 2 is 2.38 bits per heavy atom. The molecule has 3 nitrogen and oxygen atoms in total. The fourth-order valence-corrected chi connectivity index (χ4v) is 2.89. The van der Waals surface area contributed by atoms with Gasteiger partial charge in [-0.1, -0.05) is 11.6 Å². The van der Waals surface area contributed by atoms with Crippen LogP contribution in [0, 0.1) is 0 Å². The zero-order valence-corrected chi connectivity index (χ0v) is 11.1. The number of hydrogen-bond donors (Lipinski definition) is 1. The molecule has 1 aliphatic rings. The van der Waals surface area contributed by atoms with Gasteiger partial charge in [-0.2, -0.15) is 0 Å². The van der Waals surface area contributed by atoms with Crippen LogP contribution in [0.1, 0.15) is 22.5 Å². The minimum absolute atomic E-state index is 0. The van der Waals surface area contributed by atoms with Crippen molar-refractivity contribution in [1.29, 1.82) is 0 Å². The number of piperidine rings is 1. The van der Waals surface area contributed by atoms with Crippen molar-refractivity contribution in [2.24, 2.45) is 5.73 Å². The van der Waals surface area contributed by atoms with E-state index in [1.165, 1.54) is 11.3 Å². The molecule has 90 valence electrons. The van der Waals surface area contributed by atoms with E-state index >= 15 is 0 Å². The number of amides is 1. The molecule has 1 aliphatic heterocycles. The van der Waals surface area contributed by atoms with Crippen molar-refractivity contribution in [3.63, 3.8) is 0 Å². The van der Waals surface area contributed by atoms with Gasteiger partial charge in [0.25, 0.3) is 5.91 Å². The molecule has 16 heavy (non-hydrogen) atoms. The predicted molar refractivity (Wildman–Crippen MR) is 69.7 cm³/mol. The van der Waals surface area contributed by atoms with Gasteiger partial charge >= 0.3 is 0 Å². The smallest absolute Gasteiger partial charge is 0.265 e. The molecule has 0 bridgehead atoms. The van der Waals surface area contributed by atoms with E-state index in [2.05, 4.69) is 0 Å². The number of nitrogens with zero attached hydrogens (tertiary/aromatic N) is 1. The topological polar surface area (TPSA) is 46.3 Å². The van der Waals surface area contributed by atoms with Crippen molar-refractivity contribution in [2.75, 3.05) is 13.1 Å². The average Bonchev–Trinajstić information content (AvgIpc) is 2.63. The van der Waals surface area contributed by atoms with Crippen molar-refractivity contribution < 1.29 is 4.79 Å². The highest BCUT2D eigenvalue weighted by Gasteiger charge is 2.24. The van der Waals surface area contributed by atoms with E-state index in [1.54, 1.807) is 11.0 Å². The van der Waals surface area contributed by atoms with Crippen LogP contribution in [0.4, 0.5) is 0 Å². The molecule has 1 aromatic rings. The van der Waals surface area contributed by atoms with Gasteiger partial charge in [-0.3, -0.25) is 4.79 Å². The van der Waals surface area contributed by atoms with Gasteiger partial charge in [0.15, 0.2) is 0 Å². The lowest BCUT2D eigenvalue weighted by atomic mass is 10.1. The maximum absolute atomic E-state index is 12.0. The van der Waals surface area contributed by atoms with Gasteiger partial charge < -0.3 is 10.6 Å². The molecule has 1 saturated heterocycles. The van der Waals surface area contributed by atoms with E-state index < -0.39 is 0 Å². The average molecular weight is 281 g/mol. The van der Waals surface area contributed by atoms with Gasteiger partial charge in [-0.25, -0.2) is 0 Å². The second-order valence-corrected chi connectivity index (χ2v) is 5.07. The Balaban J connectivity index is 0.00000128. The highest BCUT2D eigenvalue weighted by Crippen LogP contribution is 2.24. The Kier molecular flexibility index (Phi) is 5.05. The van der Waals surface area contributed by atoms with E-state index in [9.17, 15) is 4.79 Å². The summed E-state index contributed by atoms with van der Waals surface area (Å²) in [5.74, 6) is 0.0187. The van der Waals surface area contributed by atoms with Crippen molar-refractivity contribution in [2.45, 2.75) is 18.9 Å². The molecule has 2 rings (SSSR count). The minimum Gasteiger partial charge on any atom is -0.336 e. The molecular formula is C10H14Cl2N2OS. The molecule has 0 aromatic carbocycles. The first-order chi connectivity index (χ1) is 7.18. The molecule has 0 aliphatic carbocycles. The van der Waals surface area contributed by atoms with Crippen LogP contribution < -0.4 is 5.73 Å². The quantitative estimate of drug-likeness (QED) is 0.859. The highest BCUT2D eigenvalue weighted by atomic mass is 35.5. The van der Waals surface area contributed by atoms with Crippen LogP contribution in [0.15, 0.2) is 11.4 Å². The van der Waals surface area contributed by atoms with E-state index in [1.807, 2.05) is 5.38 Å². The highest BCUT2D eigenvalue weighted by molar-refractivity contribution is 7.12. The Labute approximate surface area is 110 Å². The van der Waals surface area contributed by atoms with E-state index in [-0.39, 0.29) is 24.4 Å². The zero-order chi connectivity index (χ0) is 10.8. The third kappa shape index (κ3) is 2.88. The van der Waals surface area contributed by atoms with Gasteiger partial charge in [0.05, 0.1) is 5.02 Å². The summed E-state index contributed by atoms with van der Waals surface area (Å²) in [4.78, 5) is 14.5. The Morgan fingerprint density at radius 3 is 2.94 bits per heavy atom. The van der Waals surface area contributed by atoms with Crippen LogP contribution in [-0.4, -0.2) is 29.9 Å². The number of likely N-dealkylation sites (tertiary alicyclic amines) is 1. The zero-order valence-electron chi connectivity index (χ0n) is 8.69. The number of carbonyl (C=O) groups is 1. The molecule has 0 radical (unpaired) electrons. The van der Waals surface area contributed by atoms with E-state index in [0.29, 0.717) is 16.4 Å². The van der Waals surface area contributed by atoms with E-state index in [0.717, 1.165) is 19.4 Å². The number of carbonyl (C=O) groups excluding carboxylic acids is 1. The molecule has 1 unspecified atom stereocenters. The minimum atomic E-state index is 0. The van der Waals surface area contributed by atoms with E-state index in [4.69, 9.17) is 17.3 Å². The van der Waals surface area contributed by atoms with Gasteiger partial charge in [0, 0.05) is 19.1 Å².